The number of hydrogen-bond donors (Lipinski definition) is 1. The van der Waals surface area contributed by atoms with Crippen LogP contribution in [0.25, 0.3) is 0 Å². The SMILES string of the molecule is CC(C)(C)C(=O)Nc1ccc(N2CCN(C=O)CC2)nn1. The Morgan fingerprint density at radius 2 is 1.86 bits per heavy atom. The molecule has 114 valence electrons. The van der Waals surface area contributed by atoms with Gasteiger partial charge in [-0.2, -0.15) is 0 Å². The van der Waals surface area contributed by atoms with Gasteiger partial charge in [-0.15, -0.1) is 10.2 Å². The van der Waals surface area contributed by atoms with Crippen LogP contribution >= 0.6 is 0 Å². The van der Waals surface area contributed by atoms with Gasteiger partial charge in [-0.3, -0.25) is 9.59 Å². The Hall–Kier alpha value is -2.18. The minimum atomic E-state index is -0.467. The van der Waals surface area contributed by atoms with E-state index in [0.29, 0.717) is 18.9 Å². The van der Waals surface area contributed by atoms with Crippen molar-refractivity contribution in [3.05, 3.63) is 12.1 Å². The molecule has 0 aliphatic carbocycles. The molecular formula is C14H21N5O2. The first kappa shape index (κ1) is 15.2. The van der Waals surface area contributed by atoms with Gasteiger partial charge in [0.05, 0.1) is 0 Å². The second-order valence-corrected chi connectivity index (χ2v) is 6.11. The van der Waals surface area contributed by atoms with Gasteiger partial charge in [-0.1, -0.05) is 20.8 Å². The minimum absolute atomic E-state index is 0.0934. The largest absolute Gasteiger partial charge is 0.352 e. The first-order valence-corrected chi connectivity index (χ1v) is 6.99. The van der Waals surface area contributed by atoms with Crippen LogP contribution < -0.4 is 10.2 Å². The Balaban J connectivity index is 1.96. The molecular weight excluding hydrogens is 270 g/mol. The summed E-state index contributed by atoms with van der Waals surface area (Å²) >= 11 is 0. The third-order valence-electron chi connectivity index (χ3n) is 3.36. The van der Waals surface area contributed by atoms with E-state index >= 15 is 0 Å². The summed E-state index contributed by atoms with van der Waals surface area (Å²) in [6.45, 7) is 8.38. The van der Waals surface area contributed by atoms with Crippen LogP contribution in [-0.2, 0) is 9.59 Å². The zero-order valence-electron chi connectivity index (χ0n) is 12.7. The summed E-state index contributed by atoms with van der Waals surface area (Å²) in [5, 5.41) is 10.9. The molecule has 7 heteroatoms. The Morgan fingerprint density at radius 3 is 2.33 bits per heavy atom. The van der Waals surface area contributed by atoms with E-state index in [0.717, 1.165) is 25.3 Å². The first-order chi connectivity index (χ1) is 9.90. The average molecular weight is 291 g/mol. The van der Waals surface area contributed by atoms with E-state index in [2.05, 4.69) is 20.4 Å². The van der Waals surface area contributed by atoms with Crippen LogP contribution in [0.1, 0.15) is 20.8 Å². The summed E-state index contributed by atoms with van der Waals surface area (Å²) in [5.74, 6) is 1.11. The van der Waals surface area contributed by atoms with Crippen LogP contribution in [0.15, 0.2) is 12.1 Å². The normalized spacial score (nSPS) is 15.8. The first-order valence-electron chi connectivity index (χ1n) is 6.99. The molecule has 2 amide bonds. The van der Waals surface area contributed by atoms with E-state index in [1.807, 2.05) is 26.8 Å². The number of rotatable bonds is 3. The molecule has 0 saturated carbocycles. The maximum atomic E-state index is 11.9. The fourth-order valence-electron chi connectivity index (χ4n) is 1.92. The quantitative estimate of drug-likeness (QED) is 0.831. The highest BCUT2D eigenvalue weighted by Crippen LogP contribution is 2.17. The van der Waals surface area contributed by atoms with Crippen molar-refractivity contribution in [3.8, 4) is 0 Å². The third-order valence-corrected chi connectivity index (χ3v) is 3.36. The maximum absolute atomic E-state index is 11.9. The zero-order chi connectivity index (χ0) is 15.5. The van der Waals surface area contributed by atoms with Gasteiger partial charge >= 0.3 is 0 Å². The highest BCUT2D eigenvalue weighted by atomic mass is 16.2. The highest BCUT2D eigenvalue weighted by Gasteiger charge is 2.22. The van der Waals surface area contributed by atoms with Gasteiger partial charge in [0.25, 0.3) is 0 Å². The lowest BCUT2D eigenvalue weighted by atomic mass is 9.96. The predicted octanol–water partition coefficient (Wildman–Crippen LogP) is 0.740. The molecule has 21 heavy (non-hydrogen) atoms. The number of nitrogens with one attached hydrogen (secondary N) is 1. The van der Waals surface area contributed by atoms with Gasteiger partial charge in [0.2, 0.25) is 12.3 Å². The molecule has 1 aromatic rings. The molecule has 1 aromatic heterocycles. The van der Waals surface area contributed by atoms with Crippen LogP contribution in [0.3, 0.4) is 0 Å². The second-order valence-electron chi connectivity index (χ2n) is 6.11. The van der Waals surface area contributed by atoms with E-state index < -0.39 is 5.41 Å². The predicted molar refractivity (Wildman–Crippen MR) is 80.0 cm³/mol. The standard InChI is InChI=1S/C14H21N5O2/c1-14(2,3)13(21)15-11-4-5-12(17-16-11)19-8-6-18(10-20)7-9-19/h4-5,10H,6-9H2,1-3H3,(H,15,16,21). The number of piperazine rings is 1. The Labute approximate surface area is 124 Å². The molecule has 0 radical (unpaired) electrons. The zero-order valence-corrected chi connectivity index (χ0v) is 12.7. The van der Waals surface area contributed by atoms with Crippen LogP contribution in [0, 0.1) is 5.41 Å². The van der Waals surface area contributed by atoms with Gasteiger partial charge < -0.3 is 15.1 Å². The number of aromatic nitrogens is 2. The summed E-state index contributed by atoms with van der Waals surface area (Å²) in [6, 6.07) is 3.58. The van der Waals surface area contributed by atoms with Crippen LogP contribution in [-0.4, -0.2) is 53.6 Å². The Kier molecular flexibility index (Phi) is 4.40. The molecule has 1 aliphatic heterocycles. The van der Waals surface area contributed by atoms with Crippen molar-refractivity contribution in [1.82, 2.24) is 15.1 Å². The van der Waals surface area contributed by atoms with Crippen molar-refractivity contribution >= 4 is 24.0 Å². The molecule has 0 spiro atoms. The van der Waals surface area contributed by atoms with Gasteiger partial charge in [0, 0.05) is 31.6 Å². The van der Waals surface area contributed by atoms with E-state index in [1.165, 1.54) is 0 Å². The molecule has 2 rings (SSSR count). The molecule has 7 nitrogen and oxygen atoms in total. The number of amides is 2. The minimum Gasteiger partial charge on any atom is -0.352 e. The summed E-state index contributed by atoms with van der Waals surface area (Å²) in [7, 11) is 0. The van der Waals surface area contributed by atoms with Crippen molar-refractivity contribution in [1.29, 1.82) is 0 Å². The molecule has 2 heterocycles. The molecule has 1 aliphatic rings. The number of nitrogens with zero attached hydrogens (tertiary/aromatic N) is 4. The van der Waals surface area contributed by atoms with Crippen molar-refractivity contribution in [2.75, 3.05) is 36.4 Å². The number of carbonyl (C=O) groups excluding carboxylic acids is 2. The monoisotopic (exact) mass is 291 g/mol. The van der Waals surface area contributed by atoms with Crippen LogP contribution in [0.2, 0.25) is 0 Å². The van der Waals surface area contributed by atoms with Crippen LogP contribution in [0.5, 0.6) is 0 Å². The molecule has 1 saturated heterocycles. The van der Waals surface area contributed by atoms with Gasteiger partial charge in [-0.05, 0) is 12.1 Å². The lowest BCUT2D eigenvalue weighted by Gasteiger charge is -2.32. The summed E-state index contributed by atoms with van der Waals surface area (Å²) < 4.78 is 0. The number of hydrogen-bond acceptors (Lipinski definition) is 5. The van der Waals surface area contributed by atoms with Gasteiger partial charge in [-0.25, -0.2) is 0 Å². The molecule has 0 bridgehead atoms. The van der Waals surface area contributed by atoms with Crippen molar-refractivity contribution in [2.24, 2.45) is 5.41 Å². The maximum Gasteiger partial charge on any atom is 0.230 e. The lowest BCUT2D eigenvalue weighted by molar-refractivity contribution is -0.123. The fraction of sp³-hybridized carbons (Fsp3) is 0.571. The van der Waals surface area contributed by atoms with Crippen molar-refractivity contribution < 1.29 is 9.59 Å². The van der Waals surface area contributed by atoms with Crippen molar-refractivity contribution in [2.45, 2.75) is 20.8 Å². The molecule has 1 fully saturated rings. The molecule has 0 unspecified atom stereocenters. The third kappa shape index (κ3) is 3.90. The topological polar surface area (TPSA) is 78.4 Å². The summed E-state index contributed by atoms with van der Waals surface area (Å²) in [5.41, 5.74) is -0.467. The smallest absolute Gasteiger partial charge is 0.230 e. The lowest BCUT2D eigenvalue weighted by Crippen LogP contribution is -2.46. The average Bonchev–Trinajstić information content (AvgIpc) is 2.47. The second kappa shape index (κ2) is 6.07. The van der Waals surface area contributed by atoms with E-state index in [4.69, 9.17) is 0 Å². The molecule has 0 aromatic carbocycles. The van der Waals surface area contributed by atoms with Gasteiger partial charge in [0.15, 0.2) is 11.6 Å². The number of carbonyl (C=O) groups is 2. The number of anilines is 2. The fourth-order valence-corrected chi connectivity index (χ4v) is 1.92. The highest BCUT2D eigenvalue weighted by molar-refractivity contribution is 5.93. The Morgan fingerprint density at radius 1 is 1.19 bits per heavy atom. The van der Waals surface area contributed by atoms with Crippen LogP contribution in [0.4, 0.5) is 11.6 Å². The van der Waals surface area contributed by atoms with E-state index in [-0.39, 0.29) is 5.91 Å². The molecule has 0 atom stereocenters. The summed E-state index contributed by atoms with van der Waals surface area (Å²) in [4.78, 5) is 26.3. The van der Waals surface area contributed by atoms with E-state index in [9.17, 15) is 9.59 Å². The van der Waals surface area contributed by atoms with Gasteiger partial charge in [0.1, 0.15) is 0 Å². The Bertz CT molecular complexity index is 501. The summed E-state index contributed by atoms with van der Waals surface area (Å²) in [6.07, 6.45) is 0.869. The van der Waals surface area contributed by atoms with Crippen molar-refractivity contribution in [3.63, 3.8) is 0 Å². The molecule has 1 N–H and O–H groups in total. The van der Waals surface area contributed by atoms with E-state index in [1.54, 1.807) is 11.0 Å².